The van der Waals surface area contributed by atoms with E-state index in [9.17, 15) is 4.79 Å². The molecule has 2 aromatic rings. The number of anilines is 1. The number of amides is 1. The Kier molecular flexibility index (Phi) is 7.02. The molecule has 0 spiro atoms. The van der Waals surface area contributed by atoms with Crippen LogP contribution in [0.3, 0.4) is 0 Å². The summed E-state index contributed by atoms with van der Waals surface area (Å²) in [5.41, 5.74) is 5.90. The Labute approximate surface area is 150 Å². The fraction of sp³-hybridized carbons (Fsp3) is 0.381. The summed E-state index contributed by atoms with van der Waals surface area (Å²) in [7, 11) is 0. The Bertz CT molecular complexity index is 692. The largest absolute Gasteiger partial charge is 0.394 e. The first-order valence-corrected chi connectivity index (χ1v) is 8.81. The van der Waals surface area contributed by atoms with Gasteiger partial charge < -0.3 is 15.7 Å². The molecule has 0 aliphatic carbocycles. The maximum atomic E-state index is 12.0. The smallest absolute Gasteiger partial charge is 0.224 e. The summed E-state index contributed by atoms with van der Waals surface area (Å²) in [5, 5.41) is 15.4. The molecule has 1 amide bonds. The molecule has 0 bridgehead atoms. The molecule has 0 saturated heterocycles. The van der Waals surface area contributed by atoms with Gasteiger partial charge in [0.2, 0.25) is 5.91 Å². The zero-order valence-corrected chi connectivity index (χ0v) is 15.3. The van der Waals surface area contributed by atoms with E-state index in [-0.39, 0.29) is 18.6 Å². The van der Waals surface area contributed by atoms with Gasteiger partial charge in [-0.15, -0.1) is 0 Å². The van der Waals surface area contributed by atoms with Crippen LogP contribution in [0.2, 0.25) is 0 Å². The number of benzene rings is 2. The molecule has 0 saturated carbocycles. The highest BCUT2D eigenvalue weighted by Gasteiger charge is 2.09. The van der Waals surface area contributed by atoms with Crippen LogP contribution in [-0.2, 0) is 17.8 Å². The minimum Gasteiger partial charge on any atom is -0.394 e. The monoisotopic (exact) mass is 340 g/mol. The predicted molar refractivity (Wildman–Crippen MR) is 103 cm³/mol. The standard InChI is InChI=1S/C21H28N2O2/c1-4-19(14-24)23-21(25)12-17-8-10-20(11-9-17)22-13-18-7-5-6-15(2)16(18)3/h5-11,19,22,24H,4,12-14H2,1-3H3,(H,23,25). The lowest BCUT2D eigenvalue weighted by Crippen LogP contribution is -2.37. The molecule has 0 aliphatic heterocycles. The van der Waals surface area contributed by atoms with Crippen molar-refractivity contribution in [2.24, 2.45) is 0 Å². The molecule has 0 aromatic heterocycles. The maximum Gasteiger partial charge on any atom is 0.224 e. The van der Waals surface area contributed by atoms with E-state index in [1.165, 1.54) is 16.7 Å². The molecule has 2 aromatic carbocycles. The van der Waals surface area contributed by atoms with Crippen LogP contribution in [-0.4, -0.2) is 23.7 Å². The van der Waals surface area contributed by atoms with Crippen LogP contribution in [0.5, 0.6) is 0 Å². The molecule has 134 valence electrons. The van der Waals surface area contributed by atoms with Gasteiger partial charge in [-0.3, -0.25) is 4.79 Å². The van der Waals surface area contributed by atoms with E-state index in [2.05, 4.69) is 42.7 Å². The minimum absolute atomic E-state index is 0.0243. The van der Waals surface area contributed by atoms with Crippen LogP contribution < -0.4 is 10.6 Å². The van der Waals surface area contributed by atoms with Gasteiger partial charge in [0.05, 0.1) is 19.1 Å². The third kappa shape index (κ3) is 5.61. The fourth-order valence-electron chi connectivity index (χ4n) is 2.68. The molecule has 0 fully saturated rings. The second kappa shape index (κ2) is 9.23. The molecule has 2 rings (SSSR count). The van der Waals surface area contributed by atoms with Gasteiger partial charge in [0, 0.05) is 12.2 Å². The van der Waals surface area contributed by atoms with Crippen molar-refractivity contribution in [3.05, 3.63) is 64.7 Å². The molecule has 1 unspecified atom stereocenters. The highest BCUT2D eigenvalue weighted by molar-refractivity contribution is 5.79. The van der Waals surface area contributed by atoms with Gasteiger partial charge in [-0.2, -0.15) is 0 Å². The van der Waals surface area contributed by atoms with Crippen LogP contribution in [0.25, 0.3) is 0 Å². The van der Waals surface area contributed by atoms with Crippen molar-refractivity contribution in [1.29, 1.82) is 0 Å². The summed E-state index contributed by atoms with van der Waals surface area (Å²) < 4.78 is 0. The molecule has 3 N–H and O–H groups in total. The fourth-order valence-corrected chi connectivity index (χ4v) is 2.68. The van der Waals surface area contributed by atoms with Crippen LogP contribution in [0.1, 0.15) is 35.6 Å². The molecule has 1 atom stereocenters. The van der Waals surface area contributed by atoms with Gasteiger partial charge >= 0.3 is 0 Å². The first-order chi connectivity index (χ1) is 12.0. The highest BCUT2D eigenvalue weighted by atomic mass is 16.3. The molecule has 4 heteroatoms. The van der Waals surface area contributed by atoms with E-state index in [0.29, 0.717) is 6.42 Å². The van der Waals surface area contributed by atoms with Crippen molar-refractivity contribution in [3.63, 3.8) is 0 Å². The first-order valence-electron chi connectivity index (χ1n) is 8.81. The van der Waals surface area contributed by atoms with Gasteiger partial charge in [-0.05, 0) is 54.7 Å². The first kappa shape index (κ1) is 19.0. The van der Waals surface area contributed by atoms with E-state index >= 15 is 0 Å². The molecule has 0 aliphatic rings. The van der Waals surface area contributed by atoms with Gasteiger partial charge in [-0.25, -0.2) is 0 Å². The normalized spacial score (nSPS) is 11.8. The summed E-state index contributed by atoms with van der Waals surface area (Å²) in [6.45, 7) is 6.96. The van der Waals surface area contributed by atoms with Crippen molar-refractivity contribution >= 4 is 11.6 Å². The Balaban J connectivity index is 1.89. The maximum absolute atomic E-state index is 12.0. The molecular formula is C21H28N2O2. The lowest BCUT2D eigenvalue weighted by Gasteiger charge is -2.14. The summed E-state index contributed by atoms with van der Waals surface area (Å²) in [4.78, 5) is 12.0. The molecule has 0 radical (unpaired) electrons. The Morgan fingerprint density at radius 1 is 1.12 bits per heavy atom. The number of carbonyl (C=O) groups is 1. The van der Waals surface area contributed by atoms with E-state index < -0.39 is 0 Å². The second-order valence-electron chi connectivity index (χ2n) is 6.44. The van der Waals surface area contributed by atoms with Crippen molar-refractivity contribution in [2.75, 3.05) is 11.9 Å². The van der Waals surface area contributed by atoms with Gasteiger partial charge in [0.25, 0.3) is 0 Å². The van der Waals surface area contributed by atoms with Gasteiger partial charge in [0.1, 0.15) is 0 Å². The lowest BCUT2D eigenvalue weighted by molar-refractivity contribution is -0.121. The van der Waals surface area contributed by atoms with Crippen molar-refractivity contribution in [2.45, 2.75) is 46.2 Å². The topological polar surface area (TPSA) is 61.4 Å². The molecule has 4 nitrogen and oxygen atoms in total. The summed E-state index contributed by atoms with van der Waals surface area (Å²) in [5.74, 6) is -0.0583. The van der Waals surface area contributed by atoms with Crippen molar-refractivity contribution in [3.8, 4) is 0 Å². The van der Waals surface area contributed by atoms with Crippen LogP contribution >= 0.6 is 0 Å². The quantitative estimate of drug-likeness (QED) is 0.691. The van der Waals surface area contributed by atoms with Crippen molar-refractivity contribution < 1.29 is 9.90 Å². The van der Waals surface area contributed by atoms with Gasteiger partial charge in [0.15, 0.2) is 0 Å². The number of carbonyl (C=O) groups excluding carboxylic acids is 1. The summed E-state index contributed by atoms with van der Waals surface area (Å²) >= 11 is 0. The van der Waals surface area contributed by atoms with E-state index in [1.807, 2.05) is 31.2 Å². The zero-order valence-electron chi connectivity index (χ0n) is 15.3. The van der Waals surface area contributed by atoms with Crippen molar-refractivity contribution in [1.82, 2.24) is 5.32 Å². The summed E-state index contributed by atoms with van der Waals surface area (Å²) in [6, 6.07) is 14.1. The molecular weight excluding hydrogens is 312 g/mol. The number of aryl methyl sites for hydroxylation is 1. The van der Waals surface area contributed by atoms with E-state index in [0.717, 1.165) is 24.2 Å². The second-order valence-corrected chi connectivity index (χ2v) is 6.44. The number of rotatable bonds is 8. The zero-order chi connectivity index (χ0) is 18.2. The number of aliphatic hydroxyl groups excluding tert-OH is 1. The molecule has 25 heavy (non-hydrogen) atoms. The SMILES string of the molecule is CCC(CO)NC(=O)Cc1ccc(NCc2cccc(C)c2C)cc1. The number of nitrogens with one attached hydrogen (secondary N) is 2. The molecule has 0 heterocycles. The highest BCUT2D eigenvalue weighted by Crippen LogP contribution is 2.16. The van der Waals surface area contributed by atoms with E-state index in [1.54, 1.807) is 0 Å². The average Bonchev–Trinajstić information content (AvgIpc) is 2.62. The Morgan fingerprint density at radius 3 is 2.48 bits per heavy atom. The predicted octanol–water partition coefficient (Wildman–Crippen LogP) is 3.35. The average molecular weight is 340 g/mol. The third-order valence-electron chi connectivity index (χ3n) is 4.60. The Morgan fingerprint density at radius 2 is 1.84 bits per heavy atom. The third-order valence-corrected chi connectivity index (χ3v) is 4.60. The number of aliphatic hydroxyl groups is 1. The number of hydrogen-bond donors (Lipinski definition) is 3. The van der Waals surface area contributed by atoms with E-state index in [4.69, 9.17) is 5.11 Å². The van der Waals surface area contributed by atoms with Crippen LogP contribution in [0, 0.1) is 13.8 Å². The van der Waals surface area contributed by atoms with Gasteiger partial charge in [-0.1, -0.05) is 37.3 Å². The lowest BCUT2D eigenvalue weighted by atomic mass is 10.0. The minimum atomic E-state index is -0.161. The van der Waals surface area contributed by atoms with Crippen LogP contribution in [0.15, 0.2) is 42.5 Å². The number of hydrogen-bond acceptors (Lipinski definition) is 3. The van der Waals surface area contributed by atoms with Crippen LogP contribution in [0.4, 0.5) is 5.69 Å². The Hall–Kier alpha value is -2.33. The summed E-state index contributed by atoms with van der Waals surface area (Å²) in [6.07, 6.45) is 1.05.